The second-order valence-corrected chi connectivity index (χ2v) is 4.93. The van der Waals surface area contributed by atoms with Crippen molar-refractivity contribution < 1.29 is 14.2 Å². The summed E-state index contributed by atoms with van der Waals surface area (Å²) >= 11 is 0. The lowest BCUT2D eigenvalue weighted by atomic mass is 9.91. The van der Waals surface area contributed by atoms with Crippen molar-refractivity contribution >= 4 is 0 Å². The molecular formula is C10H17NO3. The summed E-state index contributed by atoms with van der Waals surface area (Å²) in [7, 11) is 0. The van der Waals surface area contributed by atoms with E-state index in [1.165, 1.54) is 6.42 Å². The molecule has 1 N–H and O–H groups in total. The third kappa shape index (κ3) is 1.21. The van der Waals surface area contributed by atoms with Crippen LogP contribution in [0.15, 0.2) is 0 Å². The standard InChI is InChI=1S/C10H17NO3/c1-9-5-12-10(13-6-9,14-7-9)8-3-2-4-11-8/h8,11H,2-7H2,1H3. The van der Waals surface area contributed by atoms with Crippen LogP contribution in [0, 0.1) is 5.41 Å². The molecule has 4 aliphatic rings. The van der Waals surface area contributed by atoms with Crippen molar-refractivity contribution in [3.63, 3.8) is 0 Å². The Morgan fingerprint density at radius 2 is 1.79 bits per heavy atom. The average molecular weight is 199 g/mol. The molecule has 0 radical (unpaired) electrons. The minimum absolute atomic E-state index is 0.0698. The van der Waals surface area contributed by atoms with Crippen molar-refractivity contribution in [2.75, 3.05) is 26.4 Å². The Bertz CT molecular complexity index is 213. The van der Waals surface area contributed by atoms with Crippen LogP contribution in [0.25, 0.3) is 0 Å². The molecule has 14 heavy (non-hydrogen) atoms. The van der Waals surface area contributed by atoms with Gasteiger partial charge in [-0.1, -0.05) is 6.92 Å². The number of ether oxygens (including phenoxy) is 3. The fourth-order valence-corrected chi connectivity index (χ4v) is 2.36. The summed E-state index contributed by atoms with van der Waals surface area (Å²) in [5.41, 5.74) is 0.0698. The third-order valence-electron chi connectivity index (χ3n) is 3.35. The van der Waals surface area contributed by atoms with Gasteiger partial charge in [0.1, 0.15) is 0 Å². The maximum absolute atomic E-state index is 5.74. The Morgan fingerprint density at radius 1 is 1.14 bits per heavy atom. The summed E-state index contributed by atoms with van der Waals surface area (Å²) in [6.07, 6.45) is 2.26. The van der Waals surface area contributed by atoms with E-state index in [9.17, 15) is 0 Å². The second-order valence-electron chi connectivity index (χ2n) is 4.93. The normalized spacial score (nSPS) is 52.5. The smallest absolute Gasteiger partial charge is 0.299 e. The monoisotopic (exact) mass is 199 g/mol. The Hall–Kier alpha value is -0.160. The van der Waals surface area contributed by atoms with E-state index in [1.807, 2.05) is 0 Å². The number of hydrogen-bond acceptors (Lipinski definition) is 4. The number of fused-ring (bicyclic) bond motifs is 3. The maximum atomic E-state index is 5.74. The van der Waals surface area contributed by atoms with Gasteiger partial charge in [0.15, 0.2) is 0 Å². The van der Waals surface area contributed by atoms with E-state index >= 15 is 0 Å². The summed E-state index contributed by atoms with van der Waals surface area (Å²) in [5.74, 6) is -0.770. The van der Waals surface area contributed by atoms with Gasteiger partial charge in [-0.15, -0.1) is 0 Å². The fourth-order valence-electron chi connectivity index (χ4n) is 2.36. The van der Waals surface area contributed by atoms with Crippen molar-refractivity contribution in [2.24, 2.45) is 5.41 Å². The Morgan fingerprint density at radius 3 is 2.29 bits per heavy atom. The van der Waals surface area contributed by atoms with Gasteiger partial charge in [0.25, 0.3) is 5.97 Å². The molecule has 4 rings (SSSR count). The number of rotatable bonds is 1. The molecule has 2 bridgehead atoms. The van der Waals surface area contributed by atoms with Gasteiger partial charge in [0, 0.05) is 5.41 Å². The summed E-state index contributed by atoms with van der Waals surface area (Å²) in [6, 6.07) is 0.215. The first kappa shape index (κ1) is 9.09. The van der Waals surface area contributed by atoms with Gasteiger partial charge in [-0.2, -0.15) is 0 Å². The molecule has 4 heterocycles. The second kappa shape index (κ2) is 2.92. The lowest BCUT2D eigenvalue weighted by molar-refractivity contribution is -0.473. The Balaban J connectivity index is 1.78. The van der Waals surface area contributed by atoms with Crippen molar-refractivity contribution in [1.82, 2.24) is 5.32 Å². The van der Waals surface area contributed by atoms with Crippen molar-refractivity contribution in [1.29, 1.82) is 0 Å². The molecule has 4 aliphatic heterocycles. The molecule has 0 spiro atoms. The van der Waals surface area contributed by atoms with Gasteiger partial charge in [0.05, 0.1) is 25.9 Å². The van der Waals surface area contributed by atoms with E-state index in [4.69, 9.17) is 14.2 Å². The molecule has 80 valence electrons. The summed E-state index contributed by atoms with van der Waals surface area (Å²) in [6.45, 7) is 5.44. The van der Waals surface area contributed by atoms with Gasteiger partial charge in [-0.05, 0) is 19.4 Å². The van der Waals surface area contributed by atoms with Crippen molar-refractivity contribution in [2.45, 2.75) is 31.8 Å². The van der Waals surface area contributed by atoms with Gasteiger partial charge >= 0.3 is 0 Å². The SMILES string of the molecule is CC12COC(C3CCCN3)(OC1)OC2. The zero-order valence-corrected chi connectivity index (χ0v) is 8.54. The first-order valence-electron chi connectivity index (χ1n) is 5.38. The van der Waals surface area contributed by atoms with Crippen LogP contribution >= 0.6 is 0 Å². The van der Waals surface area contributed by atoms with Crippen LogP contribution < -0.4 is 5.32 Å². The minimum atomic E-state index is -0.770. The maximum Gasteiger partial charge on any atom is 0.299 e. The Labute approximate surface area is 83.9 Å². The van der Waals surface area contributed by atoms with Crippen LogP contribution in [0.4, 0.5) is 0 Å². The van der Waals surface area contributed by atoms with Crippen LogP contribution in [0.5, 0.6) is 0 Å². The fraction of sp³-hybridized carbons (Fsp3) is 1.00. The van der Waals surface area contributed by atoms with Crippen molar-refractivity contribution in [3.8, 4) is 0 Å². The van der Waals surface area contributed by atoms with Gasteiger partial charge in [0.2, 0.25) is 0 Å². The number of nitrogens with one attached hydrogen (secondary N) is 1. The van der Waals surface area contributed by atoms with E-state index in [-0.39, 0.29) is 11.5 Å². The molecule has 0 aromatic rings. The van der Waals surface area contributed by atoms with Crippen LogP contribution in [0.2, 0.25) is 0 Å². The molecule has 4 fully saturated rings. The predicted octanol–water partition coefficient (Wildman–Crippen LogP) is 0.475. The molecule has 0 saturated carbocycles. The molecular weight excluding hydrogens is 182 g/mol. The first-order chi connectivity index (χ1) is 6.73. The molecule has 0 aliphatic carbocycles. The summed E-state index contributed by atoms with van der Waals surface area (Å²) in [4.78, 5) is 0. The lowest BCUT2D eigenvalue weighted by Crippen LogP contribution is -2.65. The number of hydrogen-bond donors (Lipinski definition) is 1. The van der Waals surface area contributed by atoms with Crippen LogP contribution in [0.1, 0.15) is 19.8 Å². The average Bonchev–Trinajstić information content (AvgIpc) is 2.73. The largest absolute Gasteiger partial charge is 0.325 e. The zero-order valence-electron chi connectivity index (χ0n) is 8.54. The highest BCUT2D eigenvalue weighted by Gasteiger charge is 2.55. The highest BCUT2D eigenvalue weighted by molar-refractivity contribution is 4.92. The molecule has 0 aromatic heterocycles. The summed E-state index contributed by atoms with van der Waals surface area (Å²) < 4.78 is 17.2. The van der Waals surface area contributed by atoms with E-state index in [1.54, 1.807) is 0 Å². The topological polar surface area (TPSA) is 39.7 Å². The lowest BCUT2D eigenvalue weighted by Gasteiger charge is -2.52. The molecule has 4 saturated heterocycles. The molecule has 4 heteroatoms. The first-order valence-corrected chi connectivity index (χ1v) is 5.38. The molecule has 0 amide bonds. The summed E-state index contributed by atoms with van der Waals surface area (Å²) in [5, 5.41) is 3.38. The third-order valence-corrected chi connectivity index (χ3v) is 3.35. The van der Waals surface area contributed by atoms with Gasteiger partial charge in [-0.3, -0.25) is 0 Å². The quantitative estimate of drug-likeness (QED) is 0.666. The van der Waals surface area contributed by atoms with Crippen LogP contribution in [-0.4, -0.2) is 38.4 Å². The van der Waals surface area contributed by atoms with Crippen LogP contribution in [-0.2, 0) is 14.2 Å². The highest BCUT2D eigenvalue weighted by atomic mass is 16.9. The van der Waals surface area contributed by atoms with E-state index < -0.39 is 5.97 Å². The minimum Gasteiger partial charge on any atom is -0.325 e. The predicted molar refractivity (Wildman–Crippen MR) is 49.7 cm³/mol. The molecule has 1 unspecified atom stereocenters. The van der Waals surface area contributed by atoms with E-state index in [2.05, 4.69) is 12.2 Å². The van der Waals surface area contributed by atoms with E-state index in [0.29, 0.717) is 0 Å². The van der Waals surface area contributed by atoms with Gasteiger partial charge in [-0.25, -0.2) is 0 Å². The molecule has 1 atom stereocenters. The Kier molecular flexibility index (Phi) is 1.89. The van der Waals surface area contributed by atoms with E-state index in [0.717, 1.165) is 32.8 Å². The highest BCUT2D eigenvalue weighted by Crippen LogP contribution is 2.41. The zero-order chi connectivity index (χ0) is 9.65. The van der Waals surface area contributed by atoms with Gasteiger partial charge < -0.3 is 19.5 Å². The molecule has 4 nitrogen and oxygen atoms in total. The van der Waals surface area contributed by atoms with Crippen molar-refractivity contribution in [3.05, 3.63) is 0 Å². The van der Waals surface area contributed by atoms with Crippen LogP contribution in [0.3, 0.4) is 0 Å². The molecule has 0 aromatic carbocycles.